The molecule has 2 bridgehead atoms. The van der Waals surface area contributed by atoms with Crippen molar-refractivity contribution in [2.75, 3.05) is 37.7 Å². The second-order valence-corrected chi connectivity index (χ2v) is 13.0. The molecule has 3 saturated heterocycles. The minimum atomic E-state index is -0.977. The van der Waals surface area contributed by atoms with Gasteiger partial charge in [-0.05, 0) is 68.3 Å². The number of fused-ring (bicyclic) bond motifs is 4. The minimum absolute atomic E-state index is 0.0140. The molecule has 10 heteroatoms. The number of hydrogen-bond donors (Lipinski definition) is 2. The van der Waals surface area contributed by atoms with Gasteiger partial charge in [-0.3, -0.25) is 4.90 Å². The largest absolute Gasteiger partial charge is 0.508 e. The van der Waals surface area contributed by atoms with Crippen LogP contribution in [0.25, 0.3) is 32.8 Å². The Labute approximate surface area is 266 Å². The van der Waals surface area contributed by atoms with Crippen molar-refractivity contribution in [2.45, 2.75) is 50.7 Å². The fraction of sp³-hybridized carbons (Fsp3) is 0.389. The Bertz CT molecular complexity index is 1910. The Morgan fingerprint density at radius 3 is 2.61 bits per heavy atom. The third-order valence-corrected chi connectivity index (χ3v) is 10.3. The van der Waals surface area contributed by atoms with E-state index in [9.17, 15) is 9.50 Å². The molecule has 46 heavy (non-hydrogen) atoms. The number of hydrogen-bond acceptors (Lipinski definition) is 7. The highest BCUT2D eigenvalue weighted by atomic mass is 19.1. The van der Waals surface area contributed by atoms with E-state index in [1.165, 1.54) is 30.3 Å². The summed E-state index contributed by atoms with van der Waals surface area (Å²) < 4.78 is 54.3. The summed E-state index contributed by atoms with van der Waals surface area (Å²) in [6, 6.07) is 6.83. The molecule has 1 aromatic heterocycles. The van der Waals surface area contributed by atoms with Crippen molar-refractivity contribution in [3.05, 3.63) is 66.0 Å². The Morgan fingerprint density at radius 1 is 1.13 bits per heavy atom. The number of aromatic hydroxyl groups is 1. The van der Waals surface area contributed by atoms with Crippen molar-refractivity contribution in [3.63, 3.8) is 0 Å². The fourth-order valence-electron chi connectivity index (χ4n) is 7.57. The summed E-state index contributed by atoms with van der Waals surface area (Å²) in [7, 11) is 0. The summed E-state index contributed by atoms with van der Waals surface area (Å²) in [5, 5.41) is 14.8. The summed E-state index contributed by atoms with van der Waals surface area (Å²) in [5.74, 6) is 0.180. The van der Waals surface area contributed by atoms with Crippen molar-refractivity contribution < 1.29 is 23.0 Å². The fourth-order valence-corrected chi connectivity index (χ4v) is 7.57. The van der Waals surface area contributed by atoms with Crippen molar-refractivity contribution >= 4 is 27.5 Å². The van der Waals surface area contributed by atoms with Gasteiger partial charge in [0.1, 0.15) is 35.3 Å². The van der Waals surface area contributed by atoms with Crippen LogP contribution in [0.2, 0.25) is 0 Å². The van der Waals surface area contributed by atoms with Crippen LogP contribution in [0.4, 0.5) is 19.0 Å². The van der Waals surface area contributed by atoms with Gasteiger partial charge in [-0.1, -0.05) is 25.0 Å². The number of benzene rings is 3. The maximum atomic E-state index is 16.9. The lowest BCUT2D eigenvalue weighted by molar-refractivity contribution is 0.0698. The molecule has 4 atom stereocenters. The number of terminal acetylenes is 1. The number of phenols is 1. The standard InChI is InChI=1S/C36H36F3N5O2/c1-5-12-44-13-11-20(3)36(44,4)19-46-35-41-33-27(34(42-35)43-17-22-8-9-23(18-43)40-22)16-29(38)31(32(33)39)26-15-24(45)14-21-7-10-28(37)25(6-2)30(21)26/h2,5,7,10,14-16,20,22-23,40,45H,1,8-9,11-13,17-19H2,3-4H3/t20-,22-,23+,36-/m0/s1. The molecule has 3 aliphatic rings. The Kier molecular flexibility index (Phi) is 7.57. The maximum Gasteiger partial charge on any atom is 0.319 e. The normalized spacial score (nSPS) is 24.5. The van der Waals surface area contributed by atoms with Gasteiger partial charge in [0.25, 0.3) is 0 Å². The van der Waals surface area contributed by atoms with Gasteiger partial charge < -0.3 is 20.1 Å². The molecule has 4 aromatic rings. The number of anilines is 1. The van der Waals surface area contributed by atoms with Crippen LogP contribution >= 0.6 is 0 Å². The zero-order chi connectivity index (χ0) is 32.3. The molecule has 3 fully saturated rings. The highest BCUT2D eigenvalue weighted by molar-refractivity contribution is 6.04. The van der Waals surface area contributed by atoms with E-state index in [1.54, 1.807) is 0 Å². The first-order valence-corrected chi connectivity index (χ1v) is 15.7. The number of nitrogens with one attached hydrogen (secondary N) is 1. The van der Waals surface area contributed by atoms with E-state index in [-0.39, 0.29) is 63.4 Å². The highest BCUT2D eigenvalue weighted by Gasteiger charge is 2.43. The summed E-state index contributed by atoms with van der Waals surface area (Å²) >= 11 is 0. The molecule has 2 N–H and O–H groups in total. The number of ether oxygens (including phenoxy) is 1. The molecule has 7 rings (SSSR count). The first-order chi connectivity index (χ1) is 22.1. The Morgan fingerprint density at radius 2 is 1.89 bits per heavy atom. The quantitative estimate of drug-likeness (QED) is 0.188. The van der Waals surface area contributed by atoms with Crippen molar-refractivity contribution in [2.24, 2.45) is 5.92 Å². The van der Waals surface area contributed by atoms with E-state index >= 15 is 8.78 Å². The molecule has 3 aromatic carbocycles. The van der Waals surface area contributed by atoms with E-state index in [0.717, 1.165) is 25.8 Å². The van der Waals surface area contributed by atoms with Gasteiger partial charge in [-0.15, -0.1) is 13.0 Å². The average Bonchev–Trinajstić information content (AvgIpc) is 3.52. The number of likely N-dealkylation sites (tertiary alicyclic amines) is 1. The summed E-state index contributed by atoms with van der Waals surface area (Å²) in [4.78, 5) is 13.7. The van der Waals surface area contributed by atoms with Crippen LogP contribution in [0, 0.1) is 35.7 Å². The van der Waals surface area contributed by atoms with Crippen LogP contribution in [0.5, 0.6) is 11.8 Å². The predicted molar refractivity (Wildman–Crippen MR) is 174 cm³/mol. The molecule has 0 saturated carbocycles. The number of rotatable bonds is 7. The van der Waals surface area contributed by atoms with Crippen LogP contribution in [0.3, 0.4) is 0 Å². The Hall–Kier alpha value is -4.33. The Balaban J connectivity index is 1.41. The van der Waals surface area contributed by atoms with Crippen LogP contribution in [-0.2, 0) is 0 Å². The smallest absolute Gasteiger partial charge is 0.319 e. The monoisotopic (exact) mass is 627 g/mol. The van der Waals surface area contributed by atoms with Crippen LogP contribution in [0.15, 0.2) is 43.0 Å². The van der Waals surface area contributed by atoms with Gasteiger partial charge >= 0.3 is 6.01 Å². The average molecular weight is 628 g/mol. The highest BCUT2D eigenvalue weighted by Crippen LogP contribution is 2.42. The van der Waals surface area contributed by atoms with Gasteiger partial charge in [0.05, 0.1) is 16.7 Å². The molecule has 0 aliphatic carbocycles. The second-order valence-electron chi connectivity index (χ2n) is 13.0. The molecule has 0 spiro atoms. The summed E-state index contributed by atoms with van der Waals surface area (Å²) in [5.41, 5.74) is -1.17. The maximum absolute atomic E-state index is 16.9. The minimum Gasteiger partial charge on any atom is -0.508 e. The molecule has 4 heterocycles. The lowest BCUT2D eigenvalue weighted by atomic mass is 9.89. The third-order valence-electron chi connectivity index (χ3n) is 10.3. The first kappa shape index (κ1) is 30.3. The topological polar surface area (TPSA) is 73.8 Å². The van der Waals surface area contributed by atoms with Crippen LogP contribution < -0.4 is 15.0 Å². The SMILES string of the molecule is C#Cc1c(F)ccc2cc(O)cc(-c3c(F)cc4c(N5C[C@H]6CC[C@@H](C5)N6)nc(OC[C@@]5(C)[C@@H](C)CCN5CC=C)nc4c3F)c12. The molecule has 7 nitrogen and oxygen atoms in total. The molecule has 238 valence electrons. The van der Waals surface area contributed by atoms with Crippen molar-refractivity contribution in [1.82, 2.24) is 20.2 Å². The summed E-state index contributed by atoms with van der Waals surface area (Å²) in [6.07, 6.45) is 10.5. The molecular weight excluding hydrogens is 591 g/mol. The number of phenolic OH excluding ortho intramolecular Hbond substituents is 1. The lowest BCUT2D eigenvalue weighted by Crippen LogP contribution is -2.51. The van der Waals surface area contributed by atoms with Crippen molar-refractivity contribution in [3.8, 4) is 35.2 Å². The van der Waals surface area contributed by atoms with E-state index in [0.29, 0.717) is 36.8 Å². The number of nitrogens with zero attached hydrogens (tertiary/aromatic N) is 4. The van der Waals surface area contributed by atoms with Crippen molar-refractivity contribution in [1.29, 1.82) is 0 Å². The van der Waals surface area contributed by atoms with E-state index in [1.807, 2.05) is 11.0 Å². The van der Waals surface area contributed by atoms with Gasteiger partial charge in [-0.25, -0.2) is 13.2 Å². The molecule has 3 aliphatic heterocycles. The molecule has 0 amide bonds. The van der Waals surface area contributed by atoms with Crippen LogP contribution in [0.1, 0.15) is 38.7 Å². The third kappa shape index (κ3) is 4.93. The number of halogens is 3. The predicted octanol–water partition coefficient (Wildman–Crippen LogP) is 6.16. The second kappa shape index (κ2) is 11.5. The number of piperazine rings is 1. The van der Waals surface area contributed by atoms with Gasteiger partial charge in [-0.2, -0.15) is 9.97 Å². The van der Waals surface area contributed by atoms with E-state index < -0.39 is 23.0 Å². The zero-order valence-corrected chi connectivity index (χ0v) is 25.9. The van der Waals surface area contributed by atoms with Gasteiger partial charge in [0.2, 0.25) is 0 Å². The molecular formula is C36H36F3N5O2. The van der Waals surface area contributed by atoms with E-state index in [2.05, 4.69) is 41.5 Å². The lowest BCUT2D eigenvalue weighted by Gasteiger charge is -2.37. The number of aromatic nitrogens is 2. The van der Waals surface area contributed by atoms with E-state index in [4.69, 9.17) is 16.1 Å². The van der Waals surface area contributed by atoms with Crippen LogP contribution in [-0.4, -0.2) is 70.4 Å². The van der Waals surface area contributed by atoms with Gasteiger partial charge in [0, 0.05) is 48.1 Å². The van der Waals surface area contributed by atoms with Gasteiger partial charge in [0.15, 0.2) is 5.82 Å². The first-order valence-electron chi connectivity index (χ1n) is 15.7. The summed E-state index contributed by atoms with van der Waals surface area (Å²) in [6.45, 7) is 11.3. The molecule has 0 radical (unpaired) electrons. The molecule has 0 unspecified atom stereocenters. The zero-order valence-electron chi connectivity index (χ0n) is 25.9.